The van der Waals surface area contributed by atoms with Crippen LogP contribution >= 0.6 is 15.9 Å². The van der Waals surface area contributed by atoms with Gasteiger partial charge in [-0.1, -0.05) is 0 Å². The standard InChI is InChI=1S/C8H7BrN6O/c9-5-3-6(10)13-8(12-5)15-2-1-4(14-15)7(11)16/h1-3H,(H2,11,16)(H2,10,12,13). The summed E-state index contributed by atoms with van der Waals surface area (Å²) in [5, 5.41) is 3.90. The Morgan fingerprint density at radius 2 is 2.19 bits per heavy atom. The molecule has 2 aromatic heterocycles. The van der Waals surface area contributed by atoms with Crippen LogP contribution in [0.3, 0.4) is 0 Å². The van der Waals surface area contributed by atoms with Crippen LogP contribution in [0.25, 0.3) is 5.95 Å². The summed E-state index contributed by atoms with van der Waals surface area (Å²) in [6.07, 6.45) is 1.53. The van der Waals surface area contributed by atoms with Gasteiger partial charge >= 0.3 is 0 Å². The van der Waals surface area contributed by atoms with Crippen molar-refractivity contribution in [3.63, 3.8) is 0 Å². The number of nitrogen functional groups attached to an aromatic ring is 1. The molecule has 0 atom stereocenters. The molecule has 1 amide bonds. The minimum atomic E-state index is -0.610. The number of nitrogens with two attached hydrogens (primary N) is 2. The number of rotatable bonds is 2. The summed E-state index contributed by atoms with van der Waals surface area (Å²) < 4.78 is 1.85. The van der Waals surface area contributed by atoms with Crippen molar-refractivity contribution in [2.75, 3.05) is 5.73 Å². The maximum atomic E-state index is 10.9. The zero-order valence-corrected chi connectivity index (χ0v) is 9.55. The van der Waals surface area contributed by atoms with E-state index >= 15 is 0 Å². The number of carbonyl (C=O) groups excluding carboxylic acids is 1. The highest BCUT2D eigenvalue weighted by atomic mass is 79.9. The molecule has 0 aromatic carbocycles. The molecule has 0 unspecified atom stereocenters. The molecule has 2 aromatic rings. The normalized spacial score (nSPS) is 10.3. The second-order valence-corrected chi connectivity index (χ2v) is 3.74. The number of aromatic nitrogens is 4. The van der Waals surface area contributed by atoms with Gasteiger partial charge in [-0.25, -0.2) is 9.67 Å². The molecule has 8 heteroatoms. The van der Waals surface area contributed by atoms with Crippen LogP contribution in [0.1, 0.15) is 10.5 Å². The van der Waals surface area contributed by atoms with Crippen LogP contribution in [0.15, 0.2) is 22.9 Å². The largest absolute Gasteiger partial charge is 0.383 e. The van der Waals surface area contributed by atoms with E-state index in [0.717, 1.165) is 0 Å². The summed E-state index contributed by atoms with van der Waals surface area (Å²) in [6, 6.07) is 3.03. The number of hydrogen-bond acceptors (Lipinski definition) is 5. The molecule has 82 valence electrons. The molecule has 16 heavy (non-hydrogen) atoms. The second kappa shape index (κ2) is 3.89. The third-order valence-corrected chi connectivity index (χ3v) is 2.16. The van der Waals surface area contributed by atoms with Crippen molar-refractivity contribution in [1.82, 2.24) is 19.7 Å². The van der Waals surface area contributed by atoms with Crippen molar-refractivity contribution in [3.05, 3.63) is 28.6 Å². The first-order valence-electron chi connectivity index (χ1n) is 4.22. The first kappa shape index (κ1) is 10.6. The minimum Gasteiger partial charge on any atom is -0.383 e. The molecule has 4 N–H and O–H groups in total. The highest BCUT2D eigenvalue weighted by Crippen LogP contribution is 2.11. The monoisotopic (exact) mass is 282 g/mol. The number of amides is 1. The predicted octanol–water partition coefficient (Wildman–Crippen LogP) is 0.106. The average molecular weight is 283 g/mol. The van der Waals surface area contributed by atoms with Gasteiger partial charge in [0.05, 0.1) is 0 Å². The van der Waals surface area contributed by atoms with Crippen molar-refractivity contribution < 1.29 is 4.79 Å². The lowest BCUT2D eigenvalue weighted by Crippen LogP contribution is -2.13. The van der Waals surface area contributed by atoms with E-state index in [4.69, 9.17) is 11.5 Å². The SMILES string of the molecule is NC(=O)c1ccn(-c2nc(N)cc(Br)n2)n1. The number of primary amides is 1. The average Bonchev–Trinajstić information content (AvgIpc) is 2.64. The van der Waals surface area contributed by atoms with E-state index in [-0.39, 0.29) is 11.6 Å². The van der Waals surface area contributed by atoms with Gasteiger partial charge in [0.25, 0.3) is 11.9 Å². The summed E-state index contributed by atoms with van der Waals surface area (Å²) in [6.45, 7) is 0. The molecule has 0 aliphatic rings. The van der Waals surface area contributed by atoms with Gasteiger partial charge in [-0.15, -0.1) is 0 Å². The number of hydrogen-bond donors (Lipinski definition) is 2. The minimum absolute atomic E-state index is 0.141. The number of nitrogens with zero attached hydrogens (tertiary/aromatic N) is 4. The molecular formula is C8H7BrN6O. The van der Waals surface area contributed by atoms with Crippen molar-refractivity contribution in [1.29, 1.82) is 0 Å². The summed E-state index contributed by atoms with van der Waals surface area (Å²) in [7, 11) is 0. The summed E-state index contributed by atoms with van der Waals surface area (Å²) in [5.74, 6) is -0.0471. The fraction of sp³-hybridized carbons (Fsp3) is 0. The fourth-order valence-electron chi connectivity index (χ4n) is 1.09. The van der Waals surface area contributed by atoms with Crippen LogP contribution < -0.4 is 11.5 Å². The van der Waals surface area contributed by atoms with Gasteiger partial charge in [-0.05, 0) is 22.0 Å². The van der Waals surface area contributed by atoms with Crippen LogP contribution in [-0.4, -0.2) is 25.7 Å². The molecule has 0 aliphatic heterocycles. The van der Waals surface area contributed by atoms with Gasteiger partial charge in [-0.3, -0.25) is 4.79 Å². The second-order valence-electron chi connectivity index (χ2n) is 2.93. The van der Waals surface area contributed by atoms with Gasteiger partial charge in [0, 0.05) is 12.3 Å². The molecule has 0 spiro atoms. The summed E-state index contributed by atoms with van der Waals surface area (Å²) in [5.41, 5.74) is 10.8. The lowest BCUT2D eigenvalue weighted by atomic mass is 10.4. The Bertz CT molecular complexity index is 531. The van der Waals surface area contributed by atoms with Crippen molar-refractivity contribution in [2.24, 2.45) is 5.73 Å². The Morgan fingerprint density at radius 1 is 1.44 bits per heavy atom. The summed E-state index contributed by atoms with van der Waals surface area (Å²) in [4.78, 5) is 18.9. The topological polar surface area (TPSA) is 113 Å². The van der Waals surface area contributed by atoms with Crippen LogP contribution in [0.4, 0.5) is 5.82 Å². The molecule has 0 radical (unpaired) electrons. The van der Waals surface area contributed by atoms with Gasteiger partial charge < -0.3 is 11.5 Å². The van der Waals surface area contributed by atoms with Crippen LogP contribution in [0.5, 0.6) is 0 Å². The summed E-state index contributed by atoms with van der Waals surface area (Å²) >= 11 is 3.18. The first-order valence-corrected chi connectivity index (χ1v) is 5.01. The predicted molar refractivity (Wildman–Crippen MR) is 59.8 cm³/mol. The maximum Gasteiger partial charge on any atom is 0.269 e. The fourth-order valence-corrected chi connectivity index (χ4v) is 1.48. The highest BCUT2D eigenvalue weighted by molar-refractivity contribution is 9.10. The Balaban J connectivity index is 2.46. The molecule has 0 aliphatic carbocycles. The lowest BCUT2D eigenvalue weighted by Gasteiger charge is -2.00. The first-order chi connectivity index (χ1) is 7.56. The van der Waals surface area contributed by atoms with Gasteiger partial charge in [-0.2, -0.15) is 10.1 Å². The zero-order valence-electron chi connectivity index (χ0n) is 7.96. The van der Waals surface area contributed by atoms with E-state index in [1.165, 1.54) is 16.9 Å². The lowest BCUT2D eigenvalue weighted by molar-refractivity contribution is 0.0995. The van der Waals surface area contributed by atoms with E-state index < -0.39 is 5.91 Å². The number of halogens is 1. The van der Waals surface area contributed by atoms with Crippen molar-refractivity contribution in [3.8, 4) is 5.95 Å². The smallest absolute Gasteiger partial charge is 0.269 e. The molecular weight excluding hydrogens is 276 g/mol. The van der Waals surface area contributed by atoms with E-state index in [2.05, 4.69) is 31.0 Å². The quantitative estimate of drug-likeness (QED) is 0.759. The van der Waals surface area contributed by atoms with Crippen LogP contribution in [-0.2, 0) is 0 Å². The highest BCUT2D eigenvalue weighted by Gasteiger charge is 2.08. The molecule has 2 heterocycles. The molecule has 7 nitrogen and oxygen atoms in total. The molecule has 0 saturated carbocycles. The van der Waals surface area contributed by atoms with E-state index in [9.17, 15) is 4.79 Å². The van der Waals surface area contributed by atoms with E-state index in [1.807, 2.05) is 0 Å². The van der Waals surface area contributed by atoms with Gasteiger partial charge in [0.15, 0.2) is 0 Å². The third kappa shape index (κ3) is 2.01. The number of anilines is 1. The molecule has 2 rings (SSSR count). The van der Waals surface area contributed by atoms with E-state index in [1.54, 1.807) is 6.07 Å². The van der Waals surface area contributed by atoms with Crippen molar-refractivity contribution >= 4 is 27.7 Å². The zero-order chi connectivity index (χ0) is 11.7. The van der Waals surface area contributed by atoms with Crippen LogP contribution in [0.2, 0.25) is 0 Å². The Labute approximate surface area is 98.6 Å². The number of carbonyl (C=O) groups is 1. The van der Waals surface area contributed by atoms with E-state index in [0.29, 0.717) is 10.4 Å². The maximum absolute atomic E-state index is 10.9. The molecule has 0 bridgehead atoms. The Morgan fingerprint density at radius 3 is 2.75 bits per heavy atom. The molecule has 0 saturated heterocycles. The Hall–Kier alpha value is -1.96. The third-order valence-electron chi connectivity index (χ3n) is 1.75. The van der Waals surface area contributed by atoms with Gasteiger partial charge in [0.1, 0.15) is 16.1 Å². The Kier molecular flexibility index (Phi) is 2.57. The van der Waals surface area contributed by atoms with Crippen LogP contribution in [0, 0.1) is 0 Å². The molecule has 0 fully saturated rings. The van der Waals surface area contributed by atoms with Gasteiger partial charge in [0.2, 0.25) is 0 Å². The van der Waals surface area contributed by atoms with Crippen molar-refractivity contribution in [2.45, 2.75) is 0 Å².